The van der Waals surface area contributed by atoms with Gasteiger partial charge in [0.05, 0.1) is 21.3 Å². The van der Waals surface area contributed by atoms with Crippen LogP contribution in [-0.4, -0.2) is 31.3 Å². The Hall–Kier alpha value is -2.54. The molecule has 2 rings (SSSR count). The first-order valence-corrected chi connectivity index (χ1v) is 6.20. The number of nitrogens with two attached hydrogens (primary N) is 1. The molecule has 7 nitrogen and oxygen atoms in total. The van der Waals surface area contributed by atoms with Crippen LogP contribution >= 0.6 is 0 Å². The van der Waals surface area contributed by atoms with E-state index in [0.717, 1.165) is 5.56 Å². The zero-order valence-corrected chi connectivity index (χ0v) is 12.1. The Morgan fingerprint density at radius 2 is 1.52 bits per heavy atom. The average Bonchev–Trinajstić information content (AvgIpc) is 2.54. The number of aromatic nitrogens is 2. The Balaban J connectivity index is 2.30. The van der Waals surface area contributed by atoms with Gasteiger partial charge in [0.25, 0.3) is 0 Å². The fraction of sp³-hybridized carbons (Fsp3) is 0.286. The van der Waals surface area contributed by atoms with E-state index >= 15 is 0 Å². The quantitative estimate of drug-likeness (QED) is 0.867. The van der Waals surface area contributed by atoms with Crippen molar-refractivity contribution in [3.05, 3.63) is 30.1 Å². The summed E-state index contributed by atoms with van der Waals surface area (Å²) in [6, 6.07) is 3.55. The summed E-state index contributed by atoms with van der Waals surface area (Å²) in [5.74, 6) is 1.95. The van der Waals surface area contributed by atoms with Gasteiger partial charge in [-0.3, -0.25) is 0 Å². The molecule has 0 saturated heterocycles. The molecule has 0 fully saturated rings. The van der Waals surface area contributed by atoms with Crippen molar-refractivity contribution < 1.29 is 18.9 Å². The summed E-state index contributed by atoms with van der Waals surface area (Å²) in [6.45, 7) is 0.379. The van der Waals surface area contributed by atoms with Crippen LogP contribution in [0.3, 0.4) is 0 Å². The van der Waals surface area contributed by atoms with Crippen molar-refractivity contribution in [3.63, 3.8) is 0 Å². The predicted molar refractivity (Wildman–Crippen MR) is 76.1 cm³/mol. The number of nitrogens with zero attached hydrogens (tertiary/aromatic N) is 2. The Labute approximate surface area is 122 Å². The molecule has 7 heteroatoms. The molecular formula is C14H17N3O4. The second-order valence-electron chi connectivity index (χ2n) is 4.04. The van der Waals surface area contributed by atoms with Crippen molar-refractivity contribution in [3.8, 4) is 29.0 Å². The highest BCUT2D eigenvalue weighted by atomic mass is 16.5. The maximum Gasteiger partial charge on any atom is 0.321 e. The van der Waals surface area contributed by atoms with E-state index in [1.807, 2.05) is 0 Å². The van der Waals surface area contributed by atoms with Crippen molar-refractivity contribution in [2.45, 2.75) is 6.54 Å². The van der Waals surface area contributed by atoms with Crippen LogP contribution in [0.25, 0.3) is 0 Å². The third-order valence-corrected chi connectivity index (χ3v) is 2.76. The lowest BCUT2D eigenvalue weighted by Crippen LogP contribution is -2.00. The van der Waals surface area contributed by atoms with Crippen molar-refractivity contribution in [2.75, 3.05) is 21.3 Å². The highest BCUT2D eigenvalue weighted by molar-refractivity contribution is 5.56. The maximum absolute atomic E-state index is 5.58. The van der Waals surface area contributed by atoms with Crippen LogP contribution in [0.4, 0.5) is 0 Å². The van der Waals surface area contributed by atoms with Gasteiger partial charge in [0.1, 0.15) is 5.75 Å². The standard InChI is InChI=1S/C14H17N3O4/c1-18-11-4-10(5-12(19-2)13(11)20-3)21-14-16-7-9(6-15)8-17-14/h4-5,7-8H,6,15H2,1-3H3. The first-order valence-electron chi connectivity index (χ1n) is 6.20. The number of benzene rings is 1. The normalized spacial score (nSPS) is 10.1. The van der Waals surface area contributed by atoms with E-state index in [0.29, 0.717) is 29.5 Å². The molecule has 21 heavy (non-hydrogen) atoms. The molecule has 2 aromatic rings. The summed E-state index contributed by atoms with van der Waals surface area (Å²) >= 11 is 0. The SMILES string of the molecule is COc1cc(Oc2ncc(CN)cn2)cc(OC)c1OC. The Bertz CT molecular complexity index is 577. The van der Waals surface area contributed by atoms with Gasteiger partial charge in [-0.2, -0.15) is 0 Å². The van der Waals surface area contributed by atoms with Crippen LogP contribution in [0.15, 0.2) is 24.5 Å². The molecule has 0 spiro atoms. The molecule has 0 aliphatic rings. The van der Waals surface area contributed by atoms with Crippen LogP contribution in [0.1, 0.15) is 5.56 Å². The van der Waals surface area contributed by atoms with Crippen molar-refractivity contribution in [1.82, 2.24) is 9.97 Å². The third-order valence-electron chi connectivity index (χ3n) is 2.76. The second-order valence-corrected chi connectivity index (χ2v) is 4.04. The number of methoxy groups -OCH3 is 3. The Kier molecular flexibility index (Phi) is 4.78. The zero-order valence-electron chi connectivity index (χ0n) is 12.1. The van der Waals surface area contributed by atoms with E-state index in [4.69, 9.17) is 24.7 Å². The molecule has 1 heterocycles. The van der Waals surface area contributed by atoms with Gasteiger partial charge in [-0.1, -0.05) is 0 Å². The molecule has 1 aromatic heterocycles. The minimum atomic E-state index is 0.210. The average molecular weight is 291 g/mol. The van der Waals surface area contributed by atoms with E-state index < -0.39 is 0 Å². The number of rotatable bonds is 6. The van der Waals surface area contributed by atoms with E-state index in [2.05, 4.69) is 9.97 Å². The van der Waals surface area contributed by atoms with Gasteiger partial charge >= 0.3 is 6.01 Å². The molecule has 0 amide bonds. The fourth-order valence-corrected chi connectivity index (χ4v) is 1.72. The Morgan fingerprint density at radius 3 is 1.95 bits per heavy atom. The topological polar surface area (TPSA) is 88.7 Å². The first kappa shape index (κ1) is 14.9. The lowest BCUT2D eigenvalue weighted by atomic mass is 10.2. The van der Waals surface area contributed by atoms with Gasteiger partial charge in [-0.25, -0.2) is 9.97 Å². The van der Waals surface area contributed by atoms with Crippen LogP contribution < -0.4 is 24.7 Å². The maximum atomic E-state index is 5.58. The van der Waals surface area contributed by atoms with E-state index in [-0.39, 0.29) is 6.01 Å². The molecule has 1 aromatic carbocycles. The molecule has 0 aliphatic heterocycles. The molecule has 0 saturated carbocycles. The molecule has 0 bridgehead atoms. The molecule has 2 N–H and O–H groups in total. The van der Waals surface area contributed by atoms with Crippen LogP contribution in [0.5, 0.6) is 29.0 Å². The molecule has 0 radical (unpaired) electrons. The summed E-state index contributed by atoms with van der Waals surface area (Å²) in [7, 11) is 4.61. The summed E-state index contributed by atoms with van der Waals surface area (Å²) in [6.07, 6.45) is 3.22. The smallest absolute Gasteiger partial charge is 0.321 e. The largest absolute Gasteiger partial charge is 0.493 e. The minimum Gasteiger partial charge on any atom is -0.493 e. The van der Waals surface area contributed by atoms with Crippen molar-refractivity contribution >= 4 is 0 Å². The number of ether oxygens (including phenoxy) is 4. The monoisotopic (exact) mass is 291 g/mol. The highest BCUT2D eigenvalue weighted by Gasteiger charge is 2.14. The van der Waals surface area contributed by atoms with Crippen LogP contribution in [-0.2, 0) is 6.54 Å². The molecular weight excluding hydrogens is 274 g/mol. The van der Waals surface area contributed by atoms with Gasteiger partial charge in [-0.15, -0.1) is 0 Å². The van der Waals surface area contributed by atoms with Crippen molar-refractivity contribution in [1.29, 1.82) is 0 Å². The lowest BCUT2D eigenvalue weighted by Gasteiger charge is -2.13. The zero-order chi connectivity index (χ0) is 15.2. The third kappa shape index (κ3) is 3.32. The van der Waals surface area contributed by atoms with E-state index in [9.17, 15) is 0 Å². The minimum absolute atomic E-state index is 0.210. The first-order chi connectivity index (χ1) is 10.2. The second kappa shape index (κ2) is 6.76. The van der Waals surface area contributed by atoms with E-state index in [1.54, 1.807) is 24.5 Å². The van der Waals surface area contributed by atoms with Gasteiger partial charge in [-0.05, 0) is 0 Å². The molecule has 112 valence electrons. The Morgan fingerprint density at radius 1 is 0.952 bits per heavy atom. The van der Waals surface area contributed by atoms with Crippen molar-refractivity contribution in [2.24, 2.45) is 5.73 Å². The van der Waals surface area contributed by atoms with Crippen LogP contribution in [0, 0.1) is 0 Å². The number of hydrogen-bond acceptors (Lipinski definition) is 7. The predicted octanol–water partition coefficient (Wildman–Crippen LogP) is 1.75. The summed E-state index contributed by atoms with van der Waals surface area (Å²) < 4.78 is 21.3. The van der Waals surface area contributed by atoms with E-state index in [1.165, 1.54) is 21.3 Å². The highest BCUT2D eigenvalue weighted by Crippen LogP contribution is 2.41. The number of hydrogen-bond donors (Lipinski definition) is 1. The molecule has 0 unspecified atom stereocenters. The van der Waals surface area contributed by atoms with Crippen LogP contribution in [0.2, 0.25) is 0 Å². The van der Waals surface area contributed by atoms with Gasteiger partial charge in [0.15, 0.2) is 11.5 Å². The lowest BCUT2D eigenvalue weighted by molar-refractivity contribution is 0.320. The summed E-state index contributed by atoms with van der Waals surface area (Å²) in [4.78, 5) is 8.14. The summed E-state index contributed by atoms with van der Waals surface area (Å²) in [5, 5.41) is 0. The fourth-order valence-electron chi connectivity index (χ4n) is 1.72. The molecule has 0 atom stereocenters. The van der Waals surface area contributed by atoms with Gasteiger partial charge in [0, 0.05) is 36.6 Å². The summed E-state index contributed by atoms with van der Waals surface area (Å²) in [5.41, 5.74) is 6.32. The van der Waals surface area contributed by atoms with Gasteiger partial charge in [0.2, 0.25) is 5.75 Å². The van der Waals surface area contributed by atoms with Gasteiger partial charge < -0.3 is 24.7 Å². The molecule has 0 aliphatic carbocycles.